The highest BCUT2D eigenvalue weighted by atomic mass is 15.0. The third-order valence-electron chi connectivity index (χ3n) is 1.17. The van der Waals surface area contributed by atoms with Crippen LogP contribution < -0.4 is 0 Å². The van der Waals surface area contributed by atoms with Crippen molar-refractivity contribution >= 4 is 0 Å². The molecule has 0 radical (unpaired) electrons. The molecule has 0 aliphatic carbocycles. The maximum atomic E-state index is 6.56. The van der Waals surface area contributed by atoms with E-state index in [0.717, 1.165) is 0 Å². The lowest BCUT2D eigenvalue weighted by Crippen LogP contribution is -2.04. The molecular formula is C5H12N2. The van der Waals surface area contributed by atoms with Gasteiger partial charge in [-0.3, -0.25) is 0 Å². The molecule has 0 aromatic rings. The van der Waals surface area contributed by atoms with Gasteiger partial charge in [-0.2, -0.15) is 5.11 Å². The van der Waals surface area contributed by atoms with Crippen LogP contribution in [0, 0.1) is 11.4 Å². The summed E-state index contributed by atoms with van der Waals surface area (Å²) in [5.41, 5.74) is 6.56. The molecule has 1 atom stereocenters. The van der Waals surface area contributed by atoms with Gasteiger partial charge in [-0.25, -0.2) is 5.53 Å². The first-order valence-electron chi connectivity index (χ1n) is 2.55. The highest BCUT2D eigenvalue weighted by molar-refractivity contribution is 4.58. The van der Waals surface area contributed by atoms with E-state index in [1.165, 1.54) is 0 Å². The van der Waals surface area contributed by atoms with Gasteiger partial charge in [0, 0.05) is 0 Å². The zero-order chi connectivity index (χ0) is 5.86. The van der Waals surface area contributed by atoms with Gasteiger partial charge in [0.25, 0.3) is 0 Å². The number of hydrogen-bond acceptors (Lipinski definition) is 2. The van der Waals surface area contributed by atoms with Crippen molar-refractivity contribution in [2.45, 2.75) is 26.8 Å². The zero-order valence-corrected chi connectivity index (χ0v) is 5.10. The molecule has 0 saturated carbocycles. The second-order valence-corrected chi connectivity index (χ2v) is 2.11. The summed E-state index contributed by atoms with van der Waals surface area (Å²) in [6.07, 6.45) is 0. The fourth-order valence-electron chi connectivity index (χ4n) is 0.149. The Morgan fingerprint density at radius 1 is 1.29 bits per heavy atom. The Hall–Kier alpha value is -0.400. The quantitative estimate of drug-likeness (QED) is 0.516. The second kappa shape index (κ2) is 2.72. The van der Waals surface area contributed by atoms with Crippen LogP contribution in [0.5, 0.6) is 0 Å². The maximum absolute atomic E-state index is 6.56. The summed E-state index contributed by atoms with van der Waals surface area (Å²) in [6, 6.07) is 0.194. The summed E-state index contributed by atoms with van der Waals surface area (Å²) in [5.74, 6) is 0.512. The minimum Gasteiger partial charge on any atom is -0.210 e. The molecule has 0 fully saturated rings. The summed E-state index contributed by atoms with van der Waals surface area (Å²) in [5, 5.41) is 3.34. The maximum Gasteiger partial charge on any atom is 0.0700 e. The highest BCUT2D eigenvalue weighted by Gasteiger charge is 2.01. The largest absolute Gasteiger partial charge is 0.210 e. The molecule has 1 N–H and O–H groups in total. The van der Waals surface area contributed by atoms with E-state index < -0.39 is 0 Å². The van der Waals surface area contributed by atoms with E-state index >= 15 is 0 Å². The highest BCUT2D eigenvalue weighted by Crippen LogP contribution is 2.02. The molecule has 0 aliphatic rings. The average molecular weight is 100 g/mol. The van der Waals surface area contributed by atoms with Gasteiger partial charge in [-0.15, -0.1) is 0 Å². The van der Waals surface area contributed by atoms with Crippen LogP contribution in [0.2, 0.25) is 0 Å². The molecule has 0 aromatic heterocycles. The topological polar surface area (TPSA) is 36.2 Å². The van der Waals surface area contributed by atoms with Crippen LogP contribution in [-0.2, 0) is 0 Å². The summed E-state index contributed by atoms with van der Waals surface area (Å²) >= 11 is 0. The molecule has 0 saturated heterocycles. The van der Waals surface area contributed by atoms with Crippen LogP contribution >= 0.6 is 0 Å². The number of nitrogens with zero attached hydrogens (tertiary/aromatic N) is 1. The van der Waals surface area contributed by atoms with Crippen molar-refractivity contribution in [1.82, 2.24) is 0 Å². The Balaban J connectivity index is 3.33. The SMILES string of the molecule is CC(C)[C@H](C)N=N. The molecule has 0 aliphatic heterocycles. The van der Waals surface area contributed by atoms with Gasteiger partial charge in [0.2, 0.25) is 0 Å². The molecule has 0 aromatic carbocycles. The molecule has 2 heteroatoms. The fourth-order valence-corrected chi connectivity index (χ4v) is 0.149. The molecule has 0 rings (SSSR count). The van der Waals surface area contributed by atoms with Gasteiger partial charge in [0.05, 0.1) is 6.04 Å². The minimum atomic E-state index is 0.194. The predicted molar refractivity (Wildman–Crippen MR) is 29.4 cm³/mol. The first kappa shape index (κ1) is 6.60. The zero-order valence-electron chi connectivity index (χ0n) is 5.10. The number of hydrogen-bond donors (Lipinski definition) is 1. The normalized spacial score (nSPS) is 14.3. The predicted octanol–water partition coefficient (Wildman–Crippen LogP) is 2.06. The van der Waals surface area contributed by atoms with Crippen molar-refractivity contribution < 1.29 is 0 Å². The summed E-state index contributed by atoms with van der Waals surface area (Å²) in [4.78, 5) is 0. The van der Waals surface area contributed by atoms with Gasteiger partial charge in [0.15, 0.2) is 0 Å². The Labute approximate surface area is 44.4 Å². The van der Waals surface area contributed by atoms with E-state index in [0.29, 0.717) is 5.92 Å². The van der Waals surface area contributed by atoms with E-state index in [9.17, 15) is 0 Å². The molecule has 0 spiro atoms. The van der Waals surface area contributed by atoms with E-state index in [4.69, 9.17) is 5.53 Å². The van der Waals surface area contributed by atoms with Gasteiger partial charge in [-0.1, -0.05) is 13.8 Å². The lowest BCUT2D eigenvalue weighted by Gasteiger charge is -2.05. The molecule has 7 heavy (non-hydrogen) atoms. The van der Waals surface area contributed by atoms with Crippen molar-refractivity contribution in [2.24, 2.45) is 11.0 Å². The van der Waals surface area contributed by atoms with Crippen molar-refractivity contribution in [3.63, 3.8) is 0 Å². The van der Waals surface area contributed by atoms with Crippen molar-refractivity contribution in [1.29, 1.82) is 5.53 Å². The van der Waals surface area contributed by atoms with Crippen LogP contribution in [-0.4, -0.2) is 6.04 Å². The van der Waals surface area contributed by atoms with E-state index in [1.807, 2.05) is 6.92 Å². The van der Waals surface area contributed by atoms with Crippen LogP contribution in [0.3, 0.4) is 0 Å². The molecule has 2 nitrogen and oxygen atoms in total. The van der Waals surface area contributed by atoms with Crippen molar-refractivity contribution in [2.75, 3.05) is 0 Å². The van der Waals surface area contributed by atoms with Crippen molar-refractivity contribution in [3.05, 3.63) is 0 Å². The smallest absolute Gasteiger partial charge is 0.0700 e. The second-order valence-electron chi connectivity index (χ2n) is 2.11. The van der Waals surface area contributed by atoms with Gasteiger partial charge in [0.1, 0.15) is 0 Å². The third kappa shape index (κ3) is 2.31. The lowest BCUT2D eigenvalue weighted by molar-refractivity contribution is 0.503. The lowest BCUT2D eigenvalue weighted by atomic mass is 10.1. The average Bonchev–Trinajstić information content (AvgIpc) is 1.65. The van der Waals surface area contributed by atoms with E-state index in [-0.39, 0.29) is 6.04 Å². The Bertz CT molecular complexity index is 59.1. The van der Waals surface area contributed by atoms with Crippen LogP contribution in [0.1, 0.15) is 20.8 Å². The molecule has 0 unspecified atom stereocenters. The first-order chi connectivity index (χ1) is 3.18. The Morgan fingerprint density at radius 3 is 1.71 bits per heavy atom. The number of nitrogens with one attached hydrogen (secondary N) is 1. The van der Waals surface area contributed by atoms with Crippen LogP contribution in [0.25, 0.3) is 0 Å². The van der Waals surface area contributed by atoms with E-state index in [1.54, 1.807) is 0 Å². The summed E-state index contributed by atoms with van der Waals surface area (Å²) in [7, 11) is 0. The fraction of sp³-hybridized carbons (Fsp3) is 1.00. The molecule has 0 amide bonds. The Morgan fingerprint density at radius 2 is 1.71 bits per heavy atom. The molecule has 42 valence electrons. The van der Waals surface area contributed by atoms with Crippen molar-refractivity contribution in [3.8, 4) is 0 Å². The van der Waals surface area contributed by atoms with Gasteiger partial charge < -0.3 is 0 Å². The Kier molecular flexibility index (Phi) is 2.56. The standard InChI is InChI=1S/C5H12N2/c1-4(2)5(3)7-6/h4-6H,1-3H3/t5-/m0/s1. The molecule has 0 bridgehead atoms. The number of rotatable bonds is 2. The summed E-state index contributed by atoms with van der Waals surface area (Å²) < 4.78 is 0. The van der Waals surface area contributed by atoms with Gasteiger partial charge >= 0.3 is 0 Å². The molecular weight excluding hydrogens is 88.1 g/mol. The first-order valence-corrected chi connectivity index (χ1v) is 2.55. The molecule has 0 heterocycles. The minimum absolute atomic E-state index is 0.194. The van der Waals surface area contributed by atoms with Gasteiger partial charge in [-0.05, 0) is 12.8 Å². The summed E-state index contributed by atoms with van der Waals surface area (Å²) in [6.45, 7) is 6.06. The van der Waals surface area contributed by atoms with E-state index in [2.05, 4.69) is 19.0 Å². The van der Waals surface area contributed by atoms with Crippen LogP contribution in [0.15, 0.2) is 5.11 Å². The third-order valence-corrected chi connectivity index (χ3v) is 1.17. The monoisotopic (exact) mass is 100 g/mol. The van der Waals surface area contributed by atoms with Crippen LogP contribution in [0.4, 0.5) is 0 Å².